The van der Waals surface area contributed by atoms with Crippen molar-refractivity contribution in [3.05, 3.63) is 59.4 Å². The van der Waals surface area contributed by atoms with Crippen molar-refractivity contribution in [3.8, 4) is 0 Å². The van der Waals surface area contributed by atoms with Crippen LogP contribution in [0.4, 0.5) is 5.13 Å². The van der Waals surface area contributed by atoms with Crippen LogP contribution in [0.2, 0.25) is 5.02 Å². The zero-order chi connectivity index (χ0) is 19.8. The third kappa shape index (κ3) is 3.57. The van der Waals surface area contributed by atoms with Crippen LogP contribution in [0.3, 0.4) is 0 Å². The van der Waals surface area contributed by atoms with Gasteiger partial charge < -0.3 is 4.74 Å². The van der Waals surface area contributed by atoms with E-state index in [9.17, 15) is 4.79 Å². The molecule has 1 fully saturated rings. The molecular formula is C21H17ClN4O2S. The molecule has 5 rings (SSSR count). The van der Waals surface area contributed by atoms with Gasteiger partial charge in [0.2, 0.25) is 0 Å². The number of hydrogen-bond donors (Lipinski definition) is 0. The van der Waals surface area contributed by atoms with Crippen LogP contribution in [-0.4, -0.2) is 40.1 Å². The number of carbonyl (C=O) groups excluding carboxylic acids is 1. The molecule has 0 N–H and O–H groups in total. The summed E-state index contributed by atoms with van der Waals surface area (Å²) >= 11 is 7.74. The Morgan fingerprint density at radius 3 is 2.83 bits per heavy atom. The number of benzene rings is 2. The fourth-order valence-electron chi connectivity index (χ4n) is 3.46. The van der Waals surface area contributed by atoms with Gasteiger partial charge >= 0.3 is 0 Å². The second-order valence-corrected chi connectivity index (χ2v) is 8.29. The van der Waals surface area contributed by atoms with Gasteiger partial charge in [0.15, 0.2) is 5.13 Å². The largest absolute Gasteiger partial charge is 0.376 e. The molecular weight excluding hydrogens is 408 g/mol. The Bertz CT molecular complexity index is 1210. The third-order valence-electron chi connectivity index (χ3n) is 4.91. The number of nitrogens with zero attached hydrogens (tertiary/aromatic N) is 4. The van der Waals surface area contributed by atoms with Crippen LogP contribution in [0.25, 0.3) is 21.3 Å². The van der Waals surface area contributed by atoms with Crippen LogP contribution in [0.1, 0.15) is 23.3 Å². The molecule has 2 aromatic heterocycles. The van der Waals surface area contributed by atoms with E-state index in [1.165, 1.54) is 17.5 Å². The average Bonchev–Trinajstić information content (AvgIpc) is 3.41. The van der Waals surface area contributed by atoms with Gasteiger partial charge in [0.25, 0.3) is 5.91 Å². The maximum atomic E-state index is 13.4. The van der Waals surface area contributed by atoms with Crippen LogP contribution in [0.5, 0.6) is 0 Å². The van der Waals surface area contributed by atoms with Crippen molar-refractivity contribution >= 4 is 55.2 Å². The third-order valence-corrected chi connectivity index (χ3v) is 6.26. The molecule has 2 aromatic carbocycles. The number of aromatic nitrogens is 3. The van der Waals surface area contributed by atoms with Gasteiger partial charge in [-0.1, -0.05) is 41.1 Å². The molecule has 146 valence electrons. The first-order chi connectivity index (χ1) is 14.2. The fraction of sp³-hybridized carbons (Fsp3) is 0.238. The lowest BCUT2D eigenvalue weighted by Gasteiger charge is -2.22. The number of fused-ring (bicyclic) bond motifs is 2. The first-order valence-electron chi connectivity index (χ1n) is 9.39. The van der Waals surface area contributed by atoms with E-state index < -0.39 is 0 Å². The lowest BCUT2D eigenvalue weighted by atomic mass is 10.2. The molecule has 0 aliphatic carbocycles. The minimum absolute atomic E-state index is 0.0187. The van der Waals surface area contributed by atoms with Crippen LogP contribution in [0.15, 0.2) is 48.7 Å². The summed E-state index contributed by atoms with van der Waals surface area (Å²) < 4.78 is 6.71. The maximum Gasteiger partial charge on any atom is 0.280 e. The van der Waals surface area contributed by atoms with E-state index in [4.69, 9.17) is 16.3 Å². The normalized spacial score (nSPS) is 16.5. The molecule has 8 heteroatoms. The monoisotopic (exact) mass is 424 g/mol. The zero-order valence-electron chi connectivity index (χ0n) is 15.4. The van der Waals surface area contributed by atoms with E-state index in [1.807, 2.05) is 36.4 Å². The van der Waals surface area contributed by atoms with Gasteiger partial charge in [-0.05, 0) is 37.1 Å². The number of hydrogen-bond acceptors (Lipinski definition) is 6. The lowest BCUT2D eigenvalue weighted by molar-refractivity contribution is 0.0913. The van der Waals surface area contributed by atoms with Crippen molar-refractivity contribution < 1.29 is 9.53 Å². The Morgan fingerprint density at radius 2 is 2.03 bits per heavy atom. The van der Waals surface area contributed by atoms with Crippen LogP contribution < -0.4 is 4.90 Å². The minimum atomic E-state index is -0.242. The molecule has 0 spiro atoms. The SMILES string of the molecule is O=C(c1cnc2ccccc2n1)N(CC1CCCO1)c1nc2c(Cl)cccc2s1. The summed E-state index contributed by atoms with van der Waals surface area (Å²) in [5.41, 5.74) is 2.42. The predicted octanol–water partition coefficient (Wildman–Crippen LogP) is 4.72. The van der Waals surface area contributed by atoms with Gasteiger partial charge in [0.1, 0.15) is 11.2 Å². The van der Waals surface area contributed by atoms with E-state index >= 15 is 0 Å². The number of rotatable bonds is 4. The molecule has 0 bridgehead atoms. The molecule has 3 heterocycles. The number of ether oxygens (including phenoxy) is 1. The summed E-state index contributed by atoms with van der Waals surface area (Å²) in [6, 6.07) is 13.1. The number of anilines is 1. The molecule has 1 amide bonds. The molecule has 1 aliphatic rings. The fourth-order valence-corrected chi connectivity index (χ4v) is 4.73. The van der Waals surface area contributed by atoms with Crippen molar-refractivity contribution in [2.45, 2.75) is 18.9 Å². The van der Waals surface area contributed by atoms with E-state index in [-0.39, 0.29) is 17.7 Å². The van der Waals surface area contributed by atoms with Crippen molar-refractivity contribution in [1.82, 2.24) is 15.0 Å². The first-order valence-corrected chi connectivity index (χ1v) is 10.6. The standard InChI is InChI=1S/C21H17ClN4O2S/c22-14-6-3-9-18-19(14)25-21(29-18)26(12-13-5-4-10-28-13)20(27)17-11-23-15-7-1-2-8-16(15)24-17/h1-3,6-9,11,13H,4-5,10,12H2. The lowest BCUT2D eigenvalue weighted by Crippen LogP contribution is -2.38. The topological polar surface area (TPSA) is 68.2 Å². The second-order valence-electron chi connectivity index (χ2n) is 6.88. The number of thiazole rings is 1. The summed E-state index contributed by atoms with van der Waals surface area (Å²) in [4.78, 5) is 28.7. The Labute approximate surface area is 176 Å². The molecule has 1 saturated heterocycles. The highest BCUT2D eigenvalue weighted by Crippen LogP contribution is 2.34. The molecule has 4 aromatic rings. The molecule has 1 atom stereocenters. The highest BCUT2D eigenvalue weighted by Gasteiger charge is 2.28. The number of halogens is 1. The second kappa shape index (κ2) is 7.67. The number of amides is 1. The van der Waals surface area contributed by atoms with Crippen LogP contribution >= 0.6 is 22.9 Å². The molecule has 1 unspecified atom stereocenters. The zero-order valence-corrected chi connectivity index (χ0v) is 17.0. The smallest absolute Gasteiger partial charge is 0.280 e. The summed E-state index contributed by atoms with van der Waals surface area (Å²) in [5, 5.41) is 1.16. The molecule has 0 radical (unpaired) electrons. The van der Waals surface area contributed by atoms with Gasteiger partial charge in [-0.15, -0.1) is 0 Å². The van der Waals surface area contributed by atoms with Crippen molar-refractivity contribution in [1.29, 1.82) is 0 Å². The Balaban J connectivity index is 1.56. The van der Waals surface area contributed by atoms with Gasteiger partial charge in [-0.25, -0.2) is 9.97 Å². The summed E-state index contributed by atoms with van der Waals surface area (Å²) in [5.74, 6) is -0.242. The van der Waals surface area contributed by atoms with E-state index in [0.29, 0.717) is 34.3 Å². The number of carbonyl (C=O) groups is 1. The van der Waals surface area contributed by atoms with E-state index in [0.717, 1.165) is 23.1 Å². The Hall–Kier alpha value is -2.61. The van der Waals surface area contributed by atoms with E-state index in [2.05, 4.69) is 15.0 Å². The maximum absolute atomic E-state index is 13.4. The van der Waals surface area contributed by atoms with Gasteiger partial charge in [-0.2, -0.15) is 0 Å². The summed E-state index contributed by atoms with van der Waals surface area (Å²) in [6.45, 7) is 1.14. The minimum Gasteiger partial charge on any atom is -0.376 e. The first kappa shape index (κ1) is 18.4. The van der Waals surface area contributed by atoms with Gasteiger partial charge in [0.05, 0.1) is 39.6 Å². The molecule has 0 saturated carbocycles. The predicted molar refractivity (Wildman–Crippen MR) is 115 cm³/mol. The molecule has 29 heavy (non-hydrogen) atoms. The van der Waals surface area contributed by atoms with Crippen LogP contribution in [-0.2, 0) is 4.74 Å². The van der Waals surface area contributed by atoms with Gasteiger partial charge in [0, 0.05) is 6.61 Å². The summed E-state index contributed by atoms with van der Waals surface area (Å²) in [7, 11) is 0. The summed E-state index contributed by atoms with van der Waals surface area (Å²) in [6.07, 6.45) is 3.41. The van der Waals surface area contributed by atoms with Gasteiger partial charge in [-0.3, -0.25) is 14.7 Å². The molecule has 1 aliphatic heterocycles. The van der Waals surface area contributed by atoms with Crippen molar-refractivity contribution in [3.63, 3.8) is 0 Å². The highest BCUT2D eigenvalue weighted by atomic mass is 35.5. The molecule has 6 nitrogen and oxygen atoms in total. The quantitative estimate of drug-likeness (QED) is 0.474. The van der Waals surface area contributed by atoms with Crippen LogP contribution in [0, 0.1) is 0 Å². The Morgan fingerprint density at radius 1 is 1.17 bits per heavy atom. The highest BCUT2D eigenvalue weighted by molar-refractivity contribution is 7.22. The number of para-hydroxylation sites is 3. The van der Waals surface area contributed by atoms with E-state index in [1.54, 1.807) is 11.0 Å². The van der Waals surface area contributed by atoms with Crippen molar-refractivity contribution in [2.75, 3.05) is 18.1 Å². The van der Waals surface area contributed by atoms with Crippen molar-refractivity contribution in [2.24, 2.45) is 0 Å². The Kier molecular flexibility index (Phi) is 4.87. The average molecular weight is 425 g/mol.